The molecule has 0 radical (unpaired) electrons. The molecule has 30 heavy (non-hydrogen) atoms. The zero-order chi connectivity index (χ0) is 20.9. The van der Waals surface area contributed by atoms with Crippen molar-refractivity contribution in [1.29, 1.82) is 0 Å². The summed E-state index contributed by atoms with van der Waals surface area (Å²) in [5.41, 5.74) is 3.02. The summed E-state index contributed by atoms with van der Waals surface area (Å²) in [6.45, 7) is 1.04. The van der Waals surface area contributed by atoms with Crippen LogP contribution in [0, 0.1) is 0 Å². The Labute approximate surface area is 186 Å². The molecular formula is C25H21Cl2NO2. The molecule has 0 aliphatic heterocycles. The Morgan fingerprint density at radius 2 is 1.67 bits per heavy atom. The number of hydrogen-bond donors (Lipinski definition) is 1. The molecule has 0 aliphatic rings. The lowest BCUT2D eigenvalue weighted by Crippen LogP contribution is -2.05. The SMILES string of the molecule is COc1ccc(NCc2c(OCc3cccc(Cl)c3)ccc3ccccc23)cc1Cl. The number of nitrogens with one attached hydrogen (secondary N) is 1. The van der Waals surface area contributed by atoms with Crippen LogP contribution < -0.4 is 14.8 Å². The van der Waals surface area contributed by atoms with Crippen LogP contribution in [-0.2, 0) is 13.2 Å². The lowest BCUT2D eigenvalue weighted by molar-refractivity contribution is 0.304. The van der Waals surface area contributed by atoms with Crippen molar-refractivity contribution in [3.05, 3.63) is 100 Å². The molecule has 0 heterocycles. The first-order valence-corrected chi connectivity index (χ1v) is 10.3. The molecule has 0 spiro atoms. The van der Waals surface area contributed by atoms with Crippen LogP contribution in [0.3, 0.4) is 0 Å². The van der Waals surface area contributed by atoms with E-state index in [1.54, 1.807) is 7.11 Å². The summed E-state index contributed by atoms with van der Waals surface area (Å²) in [6, 6.07) is 25.7. The number of methoxy groups -OCH3 is 1. The number of anilines is 1. The smallest absolute Gasteiger partial charge is 0.137 e. The molecule has 4 aromatic rings. The fourth-order valence-corrected chi connectivity index (χ4v) is 3.86. The standard InChI is InChI=1S/C25H21Cl2NO2/c1-29-25-12-10-20(14-23(25)27)28-15-22-21-8-3-2-6-18(21)9-11-24(22)30-16-17-5-4-7-19(26)13-17/h2-14,28H,15-16H2,1H3. The highest BCUT2D eigenvalue weighted by Gasteiger charge is 2.10. The summed E-state index contributed by atoms with van der Waals surface area (Å²) < 4.78 is 11.4. The molecule has 3 nitrogen and oxygen atoms in total. The van der Waals surface area contributed by atoms with E-state index >= 15 is 0 Å². The molecule has 0 aliphatic carbocycles. The number of rotatable bonds is 7. The summed E-state index contributed by atoms with van der Waals surface area (Å²) in [4.78, 5) is 0. The Morgan fingerprint density at radius 1 is 0.833 bits per heavy atom. The zero-order valence-electron chi connectivity index (χ0n) is 16.5. The summed E-state index contributed by atoms with van der Waals surface area (Å²) in [6.07, 6.45) is 0. The van der Waals surface area contributed by atoms with E-state index in [9.17, 15) is 0 Å². The fourth-order valence-electron chi connectivity index (χ4n) is 3.39. The van der Waals surface area contributed by atoms with Crippen LogP contribution in [0.25, 0.3) is 10.8 Å². The Bertz CT molecular complexity index is 1180. The average Bonchev–Trinajstić information content (AvgIpc) is 2.76. The van der Waals surface area contributed by atoms with Gasteiger partial charge in [-0.3, -0.25) is 0 Å². The molecule has 0 atom stereocenters. The first kappa shape index (κ1) is 20.4. The van der Waals surface area contributed by atoms with Gasteiger partial charge in [-0.2, -0.15) is 0 Å². The highest BCUT2D eigenvalue weighted by molar-refractivity contribution is 6.32. The van der Waals surface area contributed by atoms with Crippen molar-refractivity contribution in [3.63, 3.8) is 0 Å². The number of fused-ring (bicyclic) bond motifs is 1. The summed E-state index contributed by atoms with van der Waals surface area (Å²) in [5, 5.41) is 7.03. The van der Waals surface area contributed by atoms with Crippen molar-refractivity contribution in [2.24, 2.45) is 0 Å². The van der Waals surface area contributed by atoms with Gasteiger partial charge in [-0.1, -0.05) is 65.7 Å². The Morgan fingerprint density at radius 3 is 2.47 bits per heavy atom. The van der Waals surface area contributed by atoms with E-state index in [-0.39, 0.29) is 0 Å². The van der Waals surface area contributed by atoms with E-state index in [0.29, 0.717) is 28.9 Å². The van der Waals surface area contributed by atoms with E-state index in [2.05, 4.69) is 23.5 Å². The number of benzene rings is 4. The van der Waals surface area contributed by atoms with E-state index in [4.69, 9.17) is 32.7 Å². The molecule has 0 saturated carbocycles. The van der Waals surface area contributed by atoms with Gasteiger partial charge >= 0.3 is 0 Å². The predicted octanol–water partition coefficient (Wildman–Crippen LogP) is 7.35. The number of halogens is 2. The maximum atomic E-state index is 6.27. The highest BCUT2D eigenvalue weighted by Crippen LogP contribution is 2.31. The van der Waals surface area contributed by atoms with E-state index in [0.717, 1.165) is 33.3 Å². The van der Waals surface area contributed by atoms with Crippen LogP contribution in [0.2, 0.25) is 10.0 Å². The normalized spacial score (nSPS) is 10.8. The van der Waals surface area contributed by atoms with Gasteiger partial charge in [0.15, 0.2) is 0 Å². The van der Waals surface area contributed by atoms with E-state index < -0.39 is 0 Å². The third-order valence-corrected chi connectivity index (χ3v) is 5.43. The van der Waals surface area contributed by atoms with Gasteiger partial charge in [0.05, 0.1) is 12.1 Å². The third kappa shape index (κ3) is 4.64. The van der Waals surface area contributed by atoms with Gasteiger partial charge in [-0.15, -0.1) is 0 Å². The second-order valence-corrected chi connectivity index (χ2v) is 7.73. The molecule has 0 fully saturated rings. The van der Waals surface area contributed by atoms with Crippen molar-refractivity contribution < 1.29 is 9.47 Å². The molecule has 4 aromatic carbocycles. The number of ether oxygens (including phenoxy) is 2. The van der Waals surface area contributed by atoms with Crippen molar-refractivity contribution in [1.82, 2.24) is 0 Å². The van der Waals surface area contributed by atoms with Crippen LogP contribution in [0.15, 0.2) is 78.9 Å². The minimum absolute atomic E-state index is 0.445. The molecule has 0 bridgehead atoms. The Kier molecular flexibility index (Phi) is 6.32. The van der Waals surface area contributed by atoms with Gasteiger partial charge in [0.1, 0.15) is 18.1 Å². The molecule has 0 amide bonds. The maximum Gasteiger partial charge on any atom is 0.137 e. The topological polar surface area (TPSA) is 30.5 Å². The molecular weight excluding hydrogens is 417 g/mol. The van der Waals surface area contributed by atoms with Crippen LogP contribution >= 0.6 is 23.2 Å². The van der Waals surface area contributed by atoms with Gasteiger partial charge in [-0.05, 0) is 52.7 Å². The van der Waals surface area contributed by atoms with Crippen molar-refractivity contribution in [2.45, 2.75) is 13.2 Å². The highest BCUT2D eigenvalue weighted by atomic mass is 35.5. The molecule has 1 N–H and O–H groups in total. The predicted molar refractivity (Wildman–Crippen MR) is 125 cm³/mol. The molecule has 152 valence electrons. The monoisotopic (exact) mass is 437 g/mol. The molecule has 0 aromatic heterocycles. The molecule has 0 saturated heterocycles. The van der Waals surface area contributed by atoms with Crippen LogP contribution in [0.4, 0.5) is 5.69 Å². The Hall–Kier alpha value is -2.88. The second-order valence-electron chi connectivity index (χ2n) is 6.88. The Balaban J connectivity index is 1.61. The second kappa shape index (κ2) is 9.29. The molecule has 0 unspecified atom stereocenters. The van der Waals surface area contributed by atoms with Crippen LogP contribution in [-0.4, -0.2) is 7.11 Å². The van der Waals surface area contributed by atoms with Gasteiger partial charge in [0.25, 0.3) is 0 Å². The largest absolute Gasteiger partial charge is 0.495 e. The molecule has 4 rings (SSSR count). The third-order valence-electron chi connectivity index (χ3n) is 4.90. The fraction of sp³-hybridized carbons (Fsp3) is 0.120. The molecule has 5 heteroatoms. The zero-order valence-corrected chi connectivity index (χ0v) is 18.0. The first-order chi connectivity index (χ1) is 14.6. The number of hydrogen-bond acceptors (Lipinski definition) is 3. The van der Waals surface area contributed by atoms with Gasteiger partial charge < -0.3 is 14.8 Å². The van der Waals surface area contributed by atoms with Gasteiger partial charge in [0, 0.05) is 22.8 Å². The van der Waals surface area contributed by atoms with Gasteiger partial charge in [0.2, 0.25) is 0 Å². The van der Waals surface area contributed by atoms with Crippen LogP contribution in [0.1, 0.15) is 11.1 Å². The summed E-state index contributed by atoms with van der Waals surface area (Å²) >= 11 is 12.4. The van der Waals surface area contributed by atoms with E-state index in [1.165, 1.54) is 0 Å². The summed E-state index contributed by atoms with van der Waals surface area (Å²) in [5.74, 6) is 1.48. The van der Waals surface area contributed by atoms with Crippen molar-refractivity contribution in [2.75, 3.05) is 12.4 Å². The average molecular weight is 438 g/mol. The minimum Gasteiger partial charge on any atom is -0.495 e. The van der Waals surface area contributed by atoms with Crippen molar-refractivity contribution >= 4 is 39.7 Å². The van der Waals surface area contributed by atoms with Crippen molar-refractivity contribution in [3.8, 4) is 11.5 Å². The maximum absolute atomic E-state index is 6.27. The van der Waals surface area contributed by atoms with E-state index in [1.807, 2.05) is 60.7 Å². The lowest BCUT2D eigenvalue weighted by Gasteiger charge is -2.16. The van der Waals surface area contributed by atoms with Crippen LogP contribution in [0.5, 0.6) is 11.5 Å². The first-order valence-electron chi connectivity index (χ1n) is 9.59. The lowest BCUT2D eigenvalue weighted by atomic mass is 10.0. The quantitative estimate of drug-likeness (QED) is 0.327. The van der Waals surface area contributed by atoms with Gasteiger partial charge in [-0.25, -0.2) is 0 Å². The summed E-state index contributed by atoms with van der Waals surface area (Å²) in [7, 11) is 1.61. The minimum atomic E-state index is 0.445.